The summed E-state index contributed by atoms with van der Waals surface area (Å²) in [7, 11) is 2.92. The lowest BCUT2D eigenvalue weighted by atomic mass is 9.96. The van der Waals surface area contributed by atoms with Crippen LogP contribution in [0.5, 0.6) is 11.5 Å². The molecule has 31 heavy (non-hydrogen) atoms. The minimum atomic E-state index is -0.712. The molecule has 0 amide bonds. The Balaban J connectivity index is 2.85. The molecule has 0 spiro atoms. The molecule has 0 aromatic heterocycles. The highest BCUT2D eigenvalue weighted by Crippen LogP contribution is 2.48. The lowest BCUT2D eigenvalue weighted by Gasteiger charge is -2.23. The van der Waals surface area contributed by atoms with Crippen LogP contribution in [0.4, 0.5) is 11.4 Å². The van der Waals surface area contributed by atoms with Crippen LogP contribution in [-0.4, -0.2) is 25.4 Å². The molecule has 2 aromatic rings. The second-order valence-electron chi connectivity index (χ2n) is 7.45. The first kappa shape index (κ1) is 23.9. The molecule has 0 saturated heterocycles. The minimum absolute atomic E-state index is 0.0996. The van der Waals surface area contributed by atoms with Crippen LogP contribution in [0, 0.1) is 4.91 Å². The van der Waals surface area contributed by atoms with E-state index in [0.29, 0.717) is 39.9 Å². The van der Waals surface area contributed by atoms with Gasteiger partial charge in [0.15, 0.2) is 0 Å². The molecule has 0 heterocycles. The second kappa shape index (κ2) is 10.6. The molecule has 0 fully saturated rings. The van der Waals surface area contributed by atoms with Crippen LogP contribution in [0.15, 0.2) is 46.7 Å². The number of allylic oxidation sites excluding steroid dienone is 2. The van der Waals surface area contributed by atoms with Crippen LogP contribution in [0.25, 0.3) is 10.8 Å². The van der Waals surface area contributed by atoms with Gasteiger partial charge in [-0.3, -0.25) is 10.7 Å². The summed E-state index contributed by atoms with van der Waals surface area (Å²) in [5.74, 6) is 0.167. The molecule has 8 heteroatoms. The van der Waals surface area contributed by atoms with E-state index >= 15 is 0 Å². The number of hydrogen-bond acceptors (Lipinski definition) is 8. The summed E-state index contributed by atoms with van der Waals surface area (Å²) < 4.78 is 16.9. The van der Waals surface area contributed by atoms with Gasteiger partial charge in [-0.15, -0.1) is 4.91 Å². The van der Waals surface area contributed by atoms with Crippen molar-refractivity contribution < 1.29 is 24.2 Å². The summed E-state index contributed by atoms with van der Waals surface area (Å²) >= 11 is 0. The van der Waals surface area contributed by atoms with Gasteiger partial charge in [0.25, 0.3) is 0 Å². The van der Waals surface area contributed by atoms with Crippen molar-refractivity contribution in [1.82, 2.24) is 0 Å². The molecule has 2 rings (SSSR count). The van der Waals surface area contributed by atoms with Gasteiger partial charge >= 0.3 is 5.97 Å². The first-order valence-electron chi connectivity index (χ1n) is 9.71. The summed E-state index contributed by atoms with van der Waals surface area (Å²) in [6, 6.07) is 4.64. The van der Waals surface area contributed by atoms with E-state index in [1.54, 1.807) is 19.9 Å². The van der Waals surface area contributed by atoms with Crippen LogP contribution < -0.4 is 15.0 Å². The highest BCUT2D eigenvalue weighted by atomic mass is 16.5. The summed E-state index contributed by atoms with van der Waals surface area (Å²) in [4.78, 5) is 24.0. The van der Waals surface area contributed by atoms with Crippen molar-refractivity contribution in [1.29, 1.82) is 0 Å². The number of hydrogen-bond donors (Lipinski definition) is 2. The quantitative estimate of drug-likeness (QED) is 0.167. The maximum Gasteiger partial charge on any atom is 0.331 e. The Labute approximate surface area is 181 Å². The number of nitroso groups, excluding NO2 is 1. The Morgan fingerprint density at radius 1 is 1.13 bits per heavy atom. The number of esters is 1. The number of carbonyl (C=O) groups is 1. The highest BCUT2D eigenvalue weighted by molar-refractivity contribution is 6.08. The molecule has 0 aliphatic rings. The molecule has 0 saturated carbocycles. The number of nitrogens with zero attached hydrogens (tertiary/aromatic N) is 1. The second-order valence-corrected chi connectivity index (χ2v) is 7.45. The van der Waals surface area contributed by atoms with E-state index in [4.69, 9.17) is 14.2 Å². The monoisotopic (exact) mass is 428 g/mol. The molecule has 8 nitrogen and oxygen atoms in total. The van der Waals surface area contributed by atoms with Crippen molar-refractivity contribution in [2.75, 3.05) is 19.7 Å². The van der Waals surface area contributed by atoms with Crippen LogP contribution >= 0.6 is 0 Å². The Hall–Kier alpha value is -3.39. The molecule has 166 valence electrons. The Kier molecular flexibility index (Phi) is 8.15. The van der Waals surface area contributed by atoms with Crippen molar-refractivity contribution in [2.24, 2.45) is 5.18 Å². The zero-order chi connectivity index (χ0) is 23.1. The summed E-state index contributed by atoms with van der Waals surface area (Å²) in [5, 5.41) is 13.4. The number of ether oxygens (including phenoxy) is 3. The van der Waals surface area contributed by atoms with Gasteiger partial charge in [-0.05, 0) is 51.1 Å². The lowest BCUT2D eigenvalue weighted by Crippen LogP contribution is -2.11. The van der Waals surface area contributed by atoms with E-state index in [2.05, 4.69) is 10.7 Å². The van der Waals surface area contributed by atoms with E-state index in [-0.39, 0.29) is 5.69 Å². The molecule has 2 aromatic carbocycles. The van der Waals surface area contributed by atoms with Gasteiger partial charge in [0, 0.05) is 18.1 Å². The Morgan fingerprint density at radius 2 is 1.84 bits per heavy atom. The first-order chi connectivity index (χ1) is 14.8. The van der Waals surface area contributed by atoms with Crippen molar-refractivity contribution in [3.05, 3.63) is 52.0 Å². The number of anilines is 1. The zero-order valence-corrected chi connectivity index (χ0v) is 18.6. The van der Waals surface area contributed by atoms with Gasteiger partial charge in [0.05, 0.1) is 30.7 Å². The number of methoxy groups -OCH3 is 2. The lowest BCUT2D eigenvalue weighted by molar-refractivity contribution is -0.143. The summed E-state index contributed by atoms with van der Waals surface area (Å²) in [5.41, 5.74) is 4.89. The van der Waals surface area contributed by atoms with Gasteiger partial charge in [-0.25, -0.2) is 4.79 Å². The van der Waals surface area contributed by atoms with Crippen molar-refractivity contribution >= 4 is 28.1 Å². The highest BCUT2D eigenvalue weighted by Gasteiger charge is 2.26. The van der Waals surface area contributed by atoms with E-state index in [1.807, 2.05) is 19.9 Å². The molecule has 1 atom stereocenters. The Morgan fingerprint density at radius 3 is 2.35 bits per heavy atom. The molecule has 0 radical (unpaired) electrons. The minimum Gasteiger partial charge on any atom is -0.496 e. The van der Waals surface area contributed by atoms with Crippen LogP contribution in [-0.2, 0) is 9.53 Å². The largest absolute Gasteiger partial charge is 0.496 e. The van der Waals surface area contributed by atoms with Crippen molar-refractivity contribution in [3.8, 4) is 11.5 Å². The zero-order valence-electron chi connectivity index (χ0n) is 18.6. The van der Waals surface area contributed by atoms with E-state index in [1.165, 1.54) is 32.4 Å². The molecule has 0 bridgehead atoms. The number of benzene rings is 2. The number of fused-ring (bicyclic) bond motifs is 1. The average molecular weight is 428 g/mol. The number of carbonyl (C=O) groups excluding carboxylic acids is 1. The van der Waals surface area contributed by atoms with Gasteiger partial charge in [-0.1, -0.05) is 17.2 Å². The topological polar surface area (TPSA) is 106 Å². The first-order valence-corrected chi connectivity index (χ1v) is 9.71. The third-order valence-electron chi connectivity index (χ3n) is 4.60. The molecule has 0 aliphatic heterocycles. The molecular weight excluding hydrogens is 400 g/mol. The predicted molar refractivity (Wildman–Crippen MR) is 120 cm³/mol. The molecular formula is C23H28N2O6. The van der Waals surface area contributed by atoms with E-state index in [0.717, 1.165) is 11.1 Å². The SMILES string of the molecule is COc1cc([C@H](CC=C(C)C)OC(=O)C=C(C)C)c(OC)c2c(N=O)ccc(NO)c12. The fourth-order valence-electron chi connectivity index (χ4n) is 3.28. The normalized spacial score (nSPS) is 11.3. The Bertz CT molecular complexity index is 1030. The number of nitrogens with one attached hydrogen (secondary N) is 1. The average Bonchev–Trinajstić information content (AvgIpc) is 2.73. The van der Waals surface area contributed by atoms with Crippen LogP contribution in [0.2, 0.25) is 0 Å². The van der Waals surface area contributed by atoms with Crippen molar-refractivity contribution in [3.63, 3.8) is 0 Å². The summed E-state index contributed by atoms with van der Waals surface area (Å²) in [6.45, 7) is 7.50. The molecule has 0 unspecified atom stereocenters. The van der Waals surface area contributed by atoms with Gasteiger partial charge in [0.2, 0.25) is 0 Å². The maximum absolute atomic E-state index is 12.4. The van der Waals surface area contributed by atoms with E-state index in [9.17, 15) is 14.9 Å². The van der Waals surface area contributed by atoms with E-state index < -0.39 is 12.1 Å². The predicted octanol–water partition coefficient (Wildman–Crippen LogP) is 5.96. The van der Waals surface area contributed by atoms with Crippen LogP contribution in [0.3, 0.4) is 0 Å². The fraction of sp³-hybridized carbons (Fsp3) is 0.348. The van der Waals surface area contributed by atoms with Crippen LogP contribution in [0.1, 0.15) is 45.8 Å². The third-order valence-corrected chi connectivity index (χ3v) is 4.60. The number of rotatable bonds is 9. The van der Waals surface area contributed by atoms with Gasteiger partial charge < -0.3 is 14.2 Å². The third kappa shape index (κ3) is 5.40. The maximum atomic E-state index is 12.4. The van der Waals surface area contributed by atoms with Gasteiger partial charge in [0.1, 0.15) is 23.3 Å². The molecule has 0 aliphatic carbocycles. The van der Waals surface area contributed by atoms with Gasteiger partial charge in [-0.2, -0.15) is 0 Å². The molecule has 2 N–H and O–H groups in total. The van der Waals surface area contributed by atoms with Crippen molar-refractivity contribution in [2.45, 2.75) is 40.2 Å². The standard InChI is InChI=1S/C23H28N2O6/c1-13(2)7-10-18(31-20(26)11-14(3)4)15-12-19(29-5)21-16(24-27)8-9-17(25-28)22(21)23(15)30-6/h7-9,11-12,18,24,27H,10H2,1-6H3/t18-/m0/s1. The fourth-order valence-corrected chi connectivity index (χ4v) is 3.28. The summed E-state index contributed by atoms with van der Waals surface area (Å²) in [6.07, 6.45) is 3.03. The smallest absolute Gasteiger partial charge is 0.331 e.